The summed E-state index contributed by atoms with van der Waals surface area (Å²) in [6, 6.07) is 8.37. The van der Waals surface area contributed by atoms with Crippen molar-refractivity contribution in [3.05, 3.63) is 59.7 Å². The first-order valence-electron chi connectivity index (χ1n) is 11.1. The van der Waals surface area contributed by atoms with Crippen LogP contribution in [0, 0.1) is 0 Å². The molecular weight excluding hydrogens is 472 g/mol. The number of aliphatic carboxylic acids is 1. The summed E-state index contributed by atoms with van der Waals surface area (Å²) in [5, 5.41) is 44.4. The fourth-order valence-electron chi connectivity index (χ4n) is 3.24. The second-order valence-corrected chi connectivity index (χ2v) is 8.25. The maximum absolute atomic E-state index is 12.8. The van der Waals surface area contributed by atoms with Crippen molar-refractivity contribution in [1.82, 2.24) is 16.0 Å². The van der Waals surface area contributed by atoms with Gasteiger partial charge in [0.25, 0.3) is 0 Å². The number of aliphatic hydroxyl groups excluding tert-OH is 1. The van der Waals surface area contributed by atoms with E-state index in [-0.39, 0.29) is 24.3 Å². The Morgan fingerprint density at radius 2 is 1.33 bits per heavy atom. The largest absolute Gasteiger partial charge is 0.508 e. The van der Waals surface area contributed by atoms with Crippen molar-refractivity contribution in [3.8, 4) is 11.5 Å². The Morgan fingerprint density at radius 3 is 1.81 bits per heavy atom. The Hall–Kier alpha value is -4.16. The molecule has 4 atom stereocenters. The maximum Gasteiger partial charge on any atom is 0.328 e. The minimum Gasteiger partial charge on any atom is -0.508 e. The van der Waals surface area contributed by atoms with Crippen molar-refractivity contribution < 1.29 is 39.6 Å². The van der Waals surface area contributed by atoms with Crippen molar-refractivity contribution in [1.29, 1.82) is 0 Å². The zero-order valence-electron chi connectivity index (χ0n) is 19.5. The van der Waals surface area contributed by atoms with E-state index in [0.29, 0.717) is 11.1 Å². The van der Waals surface area contributed by atoms with Gasteiger partial charge in [-0.1, -0.05) is 24.3 Å². The van der Waals surface area contributed by atoms with Crippen molar-refractivity contribution in [2.24, 2.45) is 5.73 Å². The van der Waals surface area contributed by atoms with E-state index in [9.17, 15) is 34.5 Å². The summed E-state index contributed by atoms with van der Waals surface area (Å²) >= 11 is 0. The molecule has 0 fully saturated rings. The lowest BCUT2D eigenvalue weighted by Crippen LogP contribution is -2.55. The number of carbonyl (C=O) groups excluding carboxylic acids is 3. The molecule has 0 bridgehead atoms. The molecule has 0 aliphatic rings. The predicted octanol–water partition coefficient (Wildman–Crippen LogP) is -1.24. The fraction of sp³-hybridized carbons (Fsp3) is 0.333. The van der Waals surface area contributed by atoms with E-state index >= 15 is 0 Å². The van der Waals surface area contributed by atoms with Gasteiger partial charge >= 0.3 is 5.97 Å². The zero-order chi connectivity index (χ0) is 26.8. The molecule has 12 nitrogen and oxygen atoms in total. The van der Waals surface area contributed by atoms with Crippen LogP contribution in [0.25, 0.3) is 0 Å². The van der Waals surface area contributed by atoms with Gasteiger partial charge in [-0.05, 0) is 48.7 Å². The molecule has 3 amide bonds. The number of hydrogen-bond donors (Lipinski definition) is 8. The van der Waals surface area contributed by atoms with Gasteiger partial charge in [-0.25, -0.2) is 4.79 Å². The van der Waals surface area contributed by atoms with Crippen LogP contribution in [0.4, 0.5) is 0 Å². The van der Waals surface area contributed by atoms with E-state index in [1.54, 1.807) is 24.3 Å². The van der Waals surface area contributed by atoms with Gasteiger partial charge in [0.15, 0.2) is 6.04 Å². The average Bonchev–Trinajstić information content (AvgIpc) is 2.82. The number of hydrogen-bond acceptors (Lipinski definition) is 8. The lowest BCUT2D eigenvalue weighted by atomic mass is 10.0. The van der Waals surface area contributed by atoms with Gasteiger partial charge in [0.1, 0.15) is 17.5 Å². The van der Waals surface area contributed by atoms with Crippen LogP contribution in [0.15, 0.2) is 48.5 Å². The summed E-state index contributed by atoms with van der Waals surface area (Å²) in [6.07, 6.45) is -1.21. The molecule has 0 heterocycles. The smallest absolute Gasteiger partial charge is 0.328 e. The Balaban J connectivity index is 2.06. The number of phenolic OH excluding ortho intramolecular Hbond substituents is 2. The first-order chi connectivity index (χ1) is 17.0. The van der Waals surface area contributed by atoms with Gasteiger partial charge < -0.3 is 42.1 Å². The molecule has 0 radical (unpaired) electrons. The first-order valence-corrected chi connectivity index (χ1v) is 11.1. The second kappa shape index (κ2) is 13.1. The number of amides is 3. The first kappa shape index (κ1) is 28.1. The summed E-state index contributed by atoms with van der Waals surface area (Å²) in [6.45, 7) is 0.596. The number of carboxylic acids is 1. The number of rotatable bonds is 12. The maximum atomic E-state index is 12.8. The highest BCUT2D eigenvalue weighted by molar-refractivity contribution is 5.92. The van der Waals surface area contributed by atoms with E-state index in [4.69, 9.17) is 10.8 Å². The molecule has 4 unspecified atom stereocenters. The summed E-state index contributed by atoms with van der Waals surface area (Å²) in [5.41, 5.74) is 7.29. The highest BCUT2D eigenvalue weighted by Gasteiger charge is 2.27. The SMILES string of the molecule is CC(O)C(NC(=O)CNC(=O)C(Cc1ccc(O)cc1)NC(=O)C(N)Cc1ccc(O)cc1)C(=O)O. The van der Waals surface area contributed by atoms with Crippen LogP contribution in [-0.2, 0) is 32.0 Å². The quantitative estimate of drug-likeness (QED) is 0.174. The molecule has 2 rings (SSSR count). The third kappa shape index (κ3) is 8.89. The molecule has 9 N–H and O–H groups in total. The van der Waals surface area contributed by atoms with Crippen molar-refractivity contribution in [2.45, 2.75) is 44.0 Å². The van der Waals surface area contributed by atoms with E-state index in [2.05, 4.69) is 16.0 Å². The van der Waals surface area contributed by atoms with Crippen molar-refractivity contribution in [2.75, 3.05) is 6.54 Å². The third-order valence-corrected chi connectivity index (χ3v) is 5.23. The monoisotopic (exact) mass is 502 g/mol. The molecule has 12 heteroatoms. The number of aliphatic hydroxyl groups is 1. The van der Waals surface area contributed by atoms with Crippen LogP contribution < -0.4 is 21.7 Å². The number of aromatic hydroxyl groups is 2. The number of nitrogens with two attached hydrogens (primary N) is 1. The van der Waals surface area contributed by atoms with E-state index in [0.717, 1.165) is 0 Å². The number of benzene rings is 2. The predicted molar refractivity (Wildman–Crippen MR) is 128 cm³/mol. The molecule has 2 aromatic carbocycles. The van der Waals surface area contributed by atoms with Crippen LogP contribution in [0.3, 0.4) is 0 Å². The molecule has 0 aliphatic heterocycles. The van der Waals surface area contributed by atoms with Gasteiger partial charge in [-0.3, -0.25) is 14.4 Å². The topological polar surface area (TPSA) is 211 Å². The van der Waals surface area contributed by atoms with E-state index in [1.165, 1.54) is 31.2 Å². The van der Waals surface area contributed by atoms with Crippen LogP contribution in [0.2, 0.25) is 0 Å². The normalized spacial score (nSPS) is 14.1. The summed E-state index contributed by atoms with van der Waals surface area (Å²) in [5.74, 6) is -3.57. The number of carbonyl (C=O) groups is 4. The summed E-state index contributed by atoms with van der Waals surface area (Å²) in [7, 11) is 0. The Bertz CT molecular complexity index is 1060. The molecule has 0 saturated carbocycles. The second-order valence-electron chi connectivity index (χ2n) is 8.25. The lowest BCUT2D eigenvalue weighted by Gasteiger charge is -2.22. The Labute approximate surface area is 207 Å². The Kier molecular flexibility index (Phi) is 10.2. The minimum absolute atomic E-state index is 0.0107. The minimum atomic E-state index is -1.56. The van der Waals surface area contributed by atoms with Gasteiger partial charge in [-0.2, -0.15) is 0 Å². The van der Waals surface area contributed by atoms with E-state index in [1.807, 2.05) is 0 Å². The third-order valence-electron chi connectivity index (χ3n) is 5.23. The van der Waals surface area contributed by atoms with Gasteiger partial charge in [-0.15, -0.1) is 0 Å². The summed E-state index contributed by atoms with van der Waals surface area (Å²) in [4.78, 5) is 48.8. The van der Waals surface area contributed by atoms with Gasteiger partial charge in [0.05, 0.1) is 18.7 Å². The van der Waals surface area contributed by atoms with Crippen molar-refractivity contribution in [3.63, 3.8) is 0 Å². The van der Waals surface area contributed by atoms with Crippen molar-refractivity contribution >= 4 is 23.7 Å². The van der Waals surface area contributed by atoms with E-state index < -0.39 is 54.5 Å². The molecule has 36 heavy (non-hydrogen) atoms. The molecule has 194 valence electrons. The van der Waals surface area contributed by atoms with Gasteiger partial charge in [0, 0.05) is 6.42 Å². The van der Waals surface area contributed by atoms with Gasteiger partial charge in [0.2, 0.25) is 17.7 Å². The molecule has 0 saturated heterocycles. The molecule has 2 aromatic rings. The zero-order valence-corrected chi connectivity index (χ0v) is 19.5. The number of nitrogens with one attached hydrogen (secondary N) is 3. The van der Waals surface area contributed by atoms with Crippen LogP contribution in [0.5, 0.6) is 11.5 Å². The van der Waals surface area contributed by atoms with Crippen LogP contribution in [0.1, 0.15) is 18.1 Å². The fourth-order valence-corrected chi connectivity index (χ4v) is 3.24. The molecular formula is C24H30N4O8. The van der Waals surface area contributed by atoms with Crippen LogP contribution >= 0.6 is 0 Å². The highest BCUT2D eigenvalue weighted by atomic mass is 16.4. The highest BCUT2D eigenvalue weighted by Crippen LogP contribution is 2.13. The summed E-state index contributed by atoms with van der Waals surface area (Å²) < 4.78 is 0. The molecule has 0 spiro atoms. The number of carboxylic acid groups (broad SMARTS) is 1. The Morgan fingerprint density at radius 1 is 0.833 bits per heavy atom. The number of phenols is 2. The lowest BCUT2D eigenvalue weighted by molar-refractivity contribution is -0.144. The average molecular weight is 503 g/mol. The standard InChI is InChI=1S/C24H30N4O8/c1-13(29)21(24(35)36)28-20(32)12-26-23(34)19(11-15-4-8-17(31)9-5-15)27-22(33)18(25)10-14-2-6-16(30)7-3-14/h2-9,13,18-19,21,29-31H,10-12,25H2,1H3,(H,26,34)(H,27,33)(H,28,32)(H,35,36). The van der Waals surface area contributed by atoms with Crippen LogP contribution in [-0.4, -0.2) is 74.9 Å². The molecule has 0 aliphatic carbocycles. The molecule has 0 aromatic heterocycles.